The molecule has 0 N–H and O–H groups in total. The molecule has 0 atom stereocenters. The number of pyridine rings is 1. The van der Waals surface area contributed by atoms with Crippen molar-refractivity contribution in [1.29, 1.82) is 0 Å². The van der Waals surface area contributed by atoms with Crippen LogP contribution in [0.3, 0.4) is 0 Å². The fourth-order valence-electron chi connectivity index (χ4n) is 2.19. The number of piperazine rings is 1. The quantitative estimate of drug-likeness (QED) is 0.802. The van der Waals surface area contributed by atoms with Crippen LogP contribution in [0.5, 0.6) is 0 Å². The van der Waals surface area contributed by atoms with Crippen molar-refractivity contribution < 1.29 is 18.0 Å². The van der Waals surface area contributed by atoms with E-state index in [0.717, 1.165) is 5.82 Å². The maximum atomic E-state index is 12.2. The van der Waals surface area contributed by atoms with E-state index in [4.69, 9.17) is 0 Å². The van der Waals surface area contributed by atoms with Gasteiger partial charge >= 0.3 is 6.18 Å². The Morgan fingerprint density at radius 3 is 2.43 bits per heavy atom. The number of halogens is 3. The summed E-state index contributed by atoms with van der Waals surface area (Å²) in [6, 6.07) is 5.61. The number of anilines is 1. The molecule has 0 spiro atoms. The predicted molar refractivity (Wildman–Crippen MR) is 72.8 cm³/mol. The topological polar surface area (TPSA) is 36.4 Å². The van der Waals surface area contributed by atoms with Crippen molar-refractivity contribution in [3.8, 4) is 0 Å². The Hall–Kier alpha value is -2.05. The first-order valence-corrected chi connectivity index (χ1v) is 6.58. The summed E-state index contributed by atoms with van der Waals surface area (Å²) in [5, 5.41) is 0. The van der Waals surface area contributed by atoms with Gasteiger partial charge in [-0.2, -0.15) is 13.2 Å². The zero-order valence-corrected chi connectivity index (χ0v) is 11.6. The minimum Gasteiger partial charge on any atom is -0.371 e. The second-order valence-electron chi connectivity index (χ2n) is 4.81. The summed E-state index contributed by atoms with van der Waals surface area (Å²) in [7, 11) is 0. The van der Waals surface area contributed by atoms with Crippen LogP contribution in [0.4, 0.5) is 19.0 Å². The van der Waals surface area contributed by atoms with Crippen molar-refractivity contribution in [2.75, 3.05) is 31.1 Å². The second-order valence-corrected chi connectivity index (χ2v) is 4.81. The molecule has 2 rings (SSSR count). The highest BCUT2D eigenvalue weighted by Gasteiger charge is 2.36. The molecule has 1 aromatic rings. The average molecular weight is 299 g/mol. The molecule has 114 valence electrons. The van der Waals surface area contributed by atoms with Crippen LogP contribution in [-0.2, 0) is 4.79 Å². The van der Waals surface area contributed by atoms with E-state index in [1.54, 1.807) is 11.1 Å². The third-order valence-electron chi connectivity index (χ3n) is 3.37. The fourth-order valence-corrected chi connectivity index (χ4v) is 2.19. The first-order chi connectivity index (χ1) is 9.88. The number of ketones is 1. The highest BCUT2D eigenvalue weighted by atomic mass is 19.4. The lowest BCUT2D eigenvalue weighted by atomic mass is 10.2. The van der Waals surface area contributed by atoms with Crippen LogP contribution in [0.25, 0.3) is 0 Å². The van der Waals surface area contributed by atoms with Gasteiger partial charge in [0.05, 0.1) is 0 Å². The molecule has 0 saturated carbocycles. The first-order valence-electron chi connectivity index (χ1n) is 6.58. The SMILES string of the molecule is CC(=CC(=O)C(F)(F)F)N1CCN(c2ccccn2)CC1. The molecular formula is C14H16F3N3O. The third kappa shape index (κ3) is 3.96. The lowest BCUT2D eigenvalue weighted by Gasteiger charge is -2.37. The Balaban J connectivity index is 1.95. The molecule has 0 aliphatic carbocycles. The Labute approximate surface area is 120 Å². The summed E-state index contributed by atoms with van der Waals surface area (Å²) in [6.45, 7) is 3.96. The Morgan fingerprint density at radius 1 is 1.24 bits per heavy atom. The maximum Gasteiger partial charge on any atom is 0.454 e. The van der Waals surface area contributed by atoms with E-state index in [1.165, 1.54) is 6.92 Å². The molecule has 1 saturated heterocycles. The highest BCUT2D eigenvalue weighted by Crippen LogP contribution is 2.19. The normalized spacial score (nSPS) is 17.0. The van der Waals surface area contributed by atoms with Gasteiger partial charge in [-0.3, -0.25) is 4.79 Å². The van der Waals surface area contributed by atoms with Crippen molar-refractivity contribution in [2.45, 2.75) is 13.1 Å². The molecule has 21 heavy (non-hydrogen) atoms. The summed E-state index contributed by atoms with van der Waals surface area (Å²) in [5.74, 6) is -0.961. The monoisotopic (exact) mass is 299 g/mol. The summed E-state index contributed by atoms with van der Waals surface area (Å²) in [5.41, 5.74) is 0.345. The van der Waals surface area contributed by atoms with Gasteiger partial charge in [0.1, 0.15) is 5.82 Å². The average Bonchev–Trinajstić information content (AvgIpc) is 2.47. The number of rotatable bonds is 3. The molecular weight excluding hydrogens is 283 g/mol. The van der Waals surface area contributed by atoms with Gasteiger partial charge < -0.3 is 9.80 Å². The summed E-state index contributed by atoms with van der Waals surface area (Å²) in [6.07, 6.45) is -2.44. The minimum absolute atomic E-state index is 0.345. The standard InChI is InChI=1S/C14H16F3N3O/c1-11(10-12(21)14(15,16)17)19-6-8-20(9-7-19)13-4-2-3-5-18-13/h2-5,10H,6-9H2,1H3. The number of allylic oxidation sites excluding steroid dienone is 2. The van der Waals surface area contributed by atoms with E-state index in [9.17, 15) is 18.0 Å². The van der Waals surface area contributed by atoms with E-state index in [0.29, 0.717) is 38.0 Å². The molecule has 0 unspecified atom stereocenters. The second kappa shape index (κ2) is 6.15. The zero-order valence-electron chi connectivity index (χ0n) is 11.6. The molecule has 1 aliphatic rings. The smallest absolute Gasteiger partial charge is 0.371 e. The number of nitrogens with zero attached hydrogens (tertiary/aromatic N) is 3. The van der Waals surface area contributed by atoms with Crippen LogP contribution in [0.2, 0.25) is 0 Å². The van der Waals surface area contributed by atoms with Crippen LogP contribution in [0.1, 0.15) is 6.92 Å². The van der Waals surface area contributed by atoms with Gasteiger partial charge in [0.25, 0.3) is 5.78 Å². The molecule has 1 fully saturated rings. The van der Waals surface area contributed by atoms with Gasteiger partial charge in [0, 0.05) is 44.1 Å². The van der Waals surface area contributed by atoms with Crippen LogP contribution in [-0.4, -0.2) is 48.0 Å². The van der Waals surface area contributed by atoms with E-state index in [-0.39, 0.29) is 0 Å². The number of aromatic nitrogens is 1. The summed E-state index contributed by atoms with van der Waals surface area (Å²) >= 11 is 0. The van der Waals surface area contributed by atoms with Crippen molar-refractivity contribution >= 4 is 11.6 Å². The Kier molecular flexibility index (Phi) is 4.50. The number of hydrogen-bond acceptors (Lipinski definition) is 4. The molecule has 0 aromatic carbocycles. The van der Waals surface area contributed by atoms with Crippen molar-refractivity contribution in [1.82, 2.24) is 9.88 Å². The van der Waals surface area contributed by atoms with Crippen molar-refractivity contribution in [3.05, 3.63) is 36.2 Å². The van der Waals surface area contributed by atoms with Crippen LogP contribution in [0, 0.1) is 0 Å². The van der Waals surface area contributed by atoms with Crippen LogP contribution >= 0.6 is 0 Å². The summed E-state index contributed by atoms with van der Waals surface area (Å²) in [4.78, 5) is 19.0. The molecule has 2 heterocycles. The lowest BCUT2D eigenvalue weighted by molar-refractivity contribution is -0.165. The van der Waals surface area contributed by atoms with Crippen molar-refractivity contribution in [3.63, 3.8) is 0 Å². The highest BCUT2D eigenvalue weighted by molar-refractivity contribution is 5.94. The van der Waals surface area contributed by atoms with Gasteiger partial charge in [-0.15, -0.1) is 0 Å². The molecule has 7 heteroatoms. The lowest BCUT2D eigenvalue weighted by Crippen LogP contribution is -2.46. The van der Waals surface area contributed by atoms with Gasteiger partial charge in [-0.25, -0.2) is 4.98 Å². The summed E-state index contributed by atoms with van der Waals surface area (Å²) < 4.78 is 36.7. The van der Waals surface area contributed by atoms with E-state index >= 15 is 0 Å². The molecule has 1 aromatic heterocycles. The van der Waals surface area contributed by atoms with E-state index in [2.05, 4.69) is 9.88 Å². The molecule has 0 amide bonds. The van der Waals surface area contributed by atoms with Crippen molar-refractivity contribution in [2.24, 2.45) is 0 Å². The predicted octanol–water partition coefficient (Wildman–Crippen LogP) is 2.24. The largest absolute Gasteiger partial charge is 0.454 e. The number of alkyl halides is 3. The number of carbonyl (C=O) groups is 1. The van der Waals surface area contributed by atoms with Gasteiger partial charge in [0.2, 0.25) is 0 Å². The van der Waals surface area contributed by atoms with Crippen LogP contribution < -0.4 is 4.90 Å². The Morgan fingerprint density at radius 2 is 1.90 bits per heavy atom. The Bertz CT molecular complexity index is 520. The molecule has 0 radical (unpaired) electrons. The number of hydrogen-bond donors (Lipinski definition) is 0. The zero-order chi connectivity index (χ0) is 15.5. The molecule has 4 nitrogen and oxygen atoms in total. The first kappa shape index (κ1) is 15.3. The molecule has 0 bridgehead atoms. The van der Waals surface area contributed by atoms with Crippen LogP contribution in [0.15, 0.2) is 36.2 Å². The third-order valence-corrected chi connectivity index (χ3v) is 3.37. The molecule has 1 aliphatic heterocycles. The van der Waals surface area contributed by atoms with Gasteiger partial charge in [0.15, 0.2) is 0 Å². The fraction of sp³-hybridized carbons (Fsp3) is 0.429. The van der Waals surface area contributed by atoms with Gasteiger partial charge in [-0.05, 0) is 19.1 Å². The van der Waals surface area contributed by atoms with E-state index < -0.39 is 12.0 Å². The van der Waals surface area contributed by atoms with Gasteiger partial charge in [-0.1, -0.05) is 6.07 Å². The number of carbonyl (C=O) groups excluding carboxylic acids is 1. The minimum atomic E-state index is -4.81. The van der Waals surface area contributed by atoms with E-state index in [1.807, 2.05) is 18.2 Å². The maximum absolute atomic E-state index is 12.2.